The number of nitrogens with one attached hydrogen (secondary N) is 1. The lowest BCUT2D eigenvalue weighted by molar-refractivity contribution is 0.0697. The van der Waals surface area contributed by atoms with Gasteiger partial charge in [-0.1, -0.05) is 23.4 Å². The minimum absolute atomic E-state index is 0.0873. The molecule has 0 bridgehead atoms. The minimum Gasteiger partial charge on any atom is -0.497 e. The molecule has 0 atom stereocenters. The van der Waals surface area contributed by atoms with E-state index in [1.807, 2.05) is 30.3 Å². The summed E-state index contributed by atoms with van der Waals surface area (Å²) >= 11 is 7.94. The van der Waals surface area contributed by atoms with Gasteiger partial charge in [0.25, 0.3) is 0 Å². The number of aromatic amines is 1. The van der Waals surface area contributed by atoms with Crippen LogP contribution in [0, 0.1) is 0 Å². The van der Waals surface area contributed by atoms with Gasteiger partial charge in [0, 0.05) is 16.0 Å². The quantitative estimate of drug-likeness (QED) is 0.520. The average Bonchev–Trinajstić information content (AvgIpc) is 3.29. The maximum Gasteiger partial charge on any atom is 0.338 e. The zero-order chi connectivity index (χ0) is 19.0. The summed E-state index contributed by atoms with van der Waals surface area (Å²) in [5.74, 6) is 0.163. The molecule has 2 N–H and O–H groups in total. The molecule has 2 aromatic heterocycles. The van der Waals surface area contributed by atoms with E-state index in [2.05, 4.69) is 15.1 Å². The lowest BCUT2D eigenvalue weighted by atomic mass is 10.3. The number of carboxylic acid groups (broad SMARTS) is 1. The van der Waals surface area contributed by atoms with Crippen molar-refractivity contribution in [2.45, 2.75) is 9.79 Å². The molecule has 9 heteroatoms. The van der Waals surface area contributed by atoms with Crippen LogP contribution in [-0.2, 0) is 0 Å². The lowest BCUT2D eigenvalue weighted by Gasteiger charge is -2.05. The molecular formula is C18H13ClN4O3S. The summed E-state index contributed by atoms with van der Waals surface area (Å²) in [6.07, 6.45) is 2.67. The van der Waals surface area contributed by atoms with E-state index in [0.29, 0.717) is 16.5 Å². The Labute approximate surface area is 162 Å². The van der Waals surface area contributed by atoms with Crippen LogP contribution < -0.4 is 4.74 Å². The topological polar surface area (TPSA) is 93.0 Å². The Balaban J connectivity index is 1.66. The van der Waals surface area contributed by atoms with Crippen LogP contribution in [0.25, 0.3) is 17.0 Å². The number of rotatable bonds is 5. The number of carbonyl (C=O) groups is 1. The molecule has 0 fully saturated rings. The summed E-state index contributed by atoms with van der Waals surface area (Å²) in [7, 11) is 1.63. The highest BCUT2D eigenvalue weighted by Crippen LogP contribution is 2.36. The SMILES string of the molecule is COc1ccc(Sc2cc3nc(-n4cc(C(=O)O)cn4)[nH]c3cc2Cl)cc1. The Hall–Kier alpha value is -2.97. The van der Waals surface area contributed by atoms with E-state index in [9.17, 15) is 4.79 Å². The molecule has 2 heterocycles. The molecule has 0 saturated carbocycles. The fourth-order valence-electron chi connectivity index (χ4n) is 2.50. The smallest absolute Gasteiger partial charge is 0.338 e. The number of aromatic nitrogens is 4. The normalized spacial score (nSPS) is 11.0. The van der Waals surface area contributed by atoms with Crippen molar-refractivity contribution in [1.82, 2.24) is 19.7 Å². The van der Waals surface area contributed by atoms with Crippen LogP contribution in [0.3, 0.4) is 0 Å². The van der Waals surface area contributed by atoms with Crippen molar-refractivity contribution in [2.75, 3.05) is 7.11 Å². The molecule has 0 aliphatic heterocycles. The van der Waals surface area contributed by atoms with Crippen LogP contribution in [-0.4, -0.2) is 37.9 Å². The fourth-order valence-corrected chi connectivity index (χ4v) is 3.64. The van der Waals surface area contributed by atoms with E-state index < -0.39 is 5.97 Å². The number of fused-ring (bicyclic) bond motifs is 1. The van der Waals surface area contributed by atoms with Crippen molar-refractivity contribution in [2.24, 2.45) is 0 Å². The molecular weight excluding hydrogens is 388 g/mol. The van der Waals surface area contributed by atoms with Crippen molar-refractivity contribution < 1.29 is 14.6 Å². The second-order valence-electron chi connectivity index (χ2n) is 5.62. The molecule has 0 saturated heterocycles. The Morgan fingerprint density at radius 2 is 2.07 bits per heavy atom. The molecule has 0 radical (unpaired) electrons. The van der Waals surface area contributed by atoms with Gasteiger partial charge in [0.1, 0.15) is 5.75 Å². The zero-order valence-electron chi connectivity index (χ0n) is 14.0. The van der Waals surface area contributed by atoms with Gasteiger partial charge in [0.2, 0.25) is 5.95 Å². The number of imidazole rings is 1. The Morgan fingerprint density at radius 3 is 2.74 bits per heavy atom. The van der Waals surface area contributed by atoms with Crippen molar-refractivity contribution in [1.29, 1.82) is 0 Å². The predicted octanol–water partition coefficient (Wildman–Crippen LogP) is 4.26. The number of hydrogen-bond donors (Lipinski definition) is 2. The standard InChI is InChI=1S/C18H13ClN4O3S/c1-26-11-2-4-12(5-3-11)27-16-7-15-14(6-13(16)19)21-18(22-15)23-9-10(8-20-23)17(24)25/h2-9H,1H3,(H,21,22)(H,24,25). The zero-order valence-corrected chi connectivity index (χ0v) is 15.6. The largest absolute Gasteiger partial charge is 0.497 e. The average molecular weight is 401 g/mol. The highest BCUT2D eigenvalue weighted by molar-refractivity contribution is 7.99. The van der Waals surface area contributed by atoms with E-state index in [4.69, 9.17) is 21.4 Å². The van der Waals surface area contributed by atoms with Crippen LogP contribution in [0.4, 0.5) is 0 Å². The van der Waals surface area contributed by atoms with Crippen molar-refractivity contribution in [3.05, 3.63) is 59.4 Å². The minimum atomic E-state index is -1.04. The molecule has 2 aromatic carbocycles. The van der Waals surface area contributed by atoms with Crippen LogP contribution in [0.1, 0.15) is 10.4 Å². The molecule has 7 nitrogen and oxygen atoms in total. The number of H-pyrrole nitrogens is 1. The maximum absolute atomic E-state index is 11.0. The highest BCUT2D eigenvalue weighted by atomic mass is 35.5. The Kier molecular flexibility index (Phi) is 4.51. The maximum atomic E-state index is 11.0. The Morgan fingerprint density at radius 1 is 1.30 bits per heavy atom. The number of methoxy groups -OCH3 is 1. The highest BCUT2D eigenvalue weighted by Gasteiger charge is 2.13. The summed E-state index contributed by atoms with van der Waals surface area (Å²) in [5.41, 5.74) is 1.53. The molecule has 0 aliphatic rings. The lowest BCUT2D eigenvalue weighted by Crippen LogP contribution is -1.97. The first-order valence-corrected chi connectivity index (χ1v) is 9.02. The second-order valence-corrected chi connectivity index (χ2v) is 7.14. The third-order valence-corrected chi connectivity index (χ3v) is 5.35. The van der Waals surface area contributed by atoms with E-state index in [1.54, 1.807) is 13.2 Å². The van der Waals surface area contributed by atoms with Crippen LogP contribution >= 0.6 is 23.4 Å². The summed E-state index contributed by atoms with van der Waals surface area (Å²) < 4.78 is 6.55. The van der Waals surface area contributed by atoms with Crippen LogP contribution in [0.15, 0.2) is 58.6 Å². The fraction of sp³-hybridized carbons (Fsp3) is 0.0556. The van der Waals surface area contributed by atoms with E-state index in [1.165, 1.54) is 28.8 Å². The van der Waals surface area contributed by atoms with Gasteiger partial charge in [0.05, 0.1) is 34.9 Å². The number of carboxylic acids is 1. The van der Waals surface area contributed by atoms with E-state index in [0.717, 1.165) is 21.1 Å². The van der Waals surface area contributed by atoms with Crippen LogP contribution in [0.5, 0.6) is 5.75 Å². The summed E-state index contributed by atoms with van der Waals surface area (Å²) in [6, 6.07) is 11.4. The molecule has 4 rings (SSSR count). The number of benzene rings is 2. The molecule has 0 spiro atoms. The second kappa shape index (κ2) is 6.98. The molecule has 0 aliphatic carbocycles. The predicted molar refractivity (Wildman–Crippen MR) is 102 cm³/mol. The molecule has 0 unspecified atom stereocenters. The Bertz CT molecular complexity index is 1140. The van der Waals surface area contributed by atoms with Crippen LogP contribution in [0.2, 0.25) is 5.02 Å². The van der Waals surface area contributed by atoms with Gasteiger partial charge >= 0.3 is 5.97 Å². The number of ether oxygens (including phenoxy) is 1. The molecule has 136 valence electrons. The van der Waals surface area contributed by atoms with Gasteiger partial charge in [0.15, 0.2) is 0 Å². The van der Waals surface area contributed by atoms with Gasteiger partial charge in [-0.3, -0.25) is 0 Å². The molecule has 4 aromatic rings. The first-order valence-electron chi connectivity index (χ1n) is 7.83. The van der Waals surface area contributed by atoms with Gasteiger partial charge < -0.3 is 14.8 Å². The number of nitrogens with zero attached hydrogens (tertiary/aromatic N) is 3. The summed E-state index contributed by atoms with van der Waals surface area (Å²) in [6.45, 7) is 0. The summed E-state index contributed by atoms with van der Waals surface area (Å²) in [5, 5.41) is 13.6. The van der Waals surface area contributed by atoms with Gasteiger partial charge in [-0.05, 0) is 36.4 Å². The number of hydrogen-bond acceptors (Lipinski definition) is 5. The van der Waals surface area contributed by atoms with E-state index in [-0.39, 0.29) is 5.56 Å². The summed E-state index contributed by atoms with van der Waals surface area (Å²) in [4.78, 5) is 20.5. The van der Waals surface area contributed by atoms with Crippen molar-refractivity contribution >= 4 is 40.4 Å². The number of aromatic carboxylic acids is 1. The monoisotopic (exact) mass is 400 g/mol. The van der Waals surface area contributed by atoms with Crippen molar-refractivity contribution in [3.8, 4) is 11.7 Å². The van der Waals surface area contributed by atoms with Gasteiger partial charge in [-0.2, -0.15) is 5.10 Å². The van der Waals surface area contributed by atoms with Crippen molar-refractivity contribution in [3.63, 3.8) is 0 Å². The third-order valence-electron chi connectivity index (χ3n) is 3.86. The first kappa shape index (κ1) is 17.4. The molecule has 0 amide bonds. The first-order chi connectivity index (χ1) is 13.0. The van der Waals surface area contributed by atoms with Gasteiger partial charge in [-0.25, -0.2) is 14.5 Å². The van der Waals surface area contributed by atoms with E-state index >= 15 is 0 Å². The molecule has 27 heavy (non-hydrogen) atoms. The van der Waals surface area contributed by atoms with Gasteiger partial charge in [-0.15, -0.1) is 0 Å². The number of halogens is 1. The third kappa shape index (κ3) is 3.49.